The molecule has 2 nitrogen and oxygen atoms in total. The zero-order valence-corrected chi connectivity index (χ0v) is 11.8. The molecular weight excluding hydrogens is 268 g/mol. The Balaban J connectivity index is 2.00. The minimum absolute atomic E-state index is 0.994. The number of rotatable bonds is 0. The van der Waals surface area contributed by atoms with Crippen molar-refractivity contribution < 1.29 is 0 Å². The molecule has 0 N–H and O–H groups in total. The highest BCUT2D eigenvalue weighted by Crippen LogP contribution is 2.28. The van der Waals surface area contributed by atoms with E-state index in [4.69, 9.17) is 9.97 Å². The normalized spacial score (nSPS) is 11.6. The summed E-state index contributed by atoms with van der Waals surface area (Å²) in [7, 11) is 0. The molecule has 2 heterocycles. The van der Waals surface area contributed by atoms with Gasteiger partial charge >= 0.3 is 0 Å². The van der Waals surface area contributed by atoms with Gasteiger partial charge in [0.2, 0.25) is 0 Å². The molecule has 0 spiro atoms. The minimum Gasteiger partial charge on any atom is -0.248 e. The molecule has 0 aliphatic carbocycles. The summed E-state index contributed by atoms with van der Waals surface area (Å²) in [6.07, 6.45) is 0. The van der Waals surface area contributed by atoms with Gasteiger partial charge in [-0.2, -0.15) is 0 Å². The van der Waals surface area contributed by atoms with Crippen LogP contribution in [0.5, 0.6) is 0 Å². The first kappa shape index (κ1) is 11.6. The summed E-state index contributed by atoms with van der Waals surface area (Å²) in [5.41, 5.74) is 4.06. The number of hydrogen-bond donors (Lipinski definition) is 0. The maximum absolute atomic E-state index is 4.87. The third-order valence-electron chi connectivity index (χ3n) is 4.18. The standard InChI is InChI=1S/C20H12N2/c1-4-8-18-13(5-1)11-15-9-10-19-16(20(15)22-18)12-14-6-2-3-7-17(14)21-19/h1-12H. The maximum atomic E-state index is 4.87. The van der Waals surface area contributed by atoms with E-state index in [9.17, 15) is 0 Å². The highest BCUT2D eigenvalue weighted by Gasteiger charge is 2.06. The van der Waals surface area contributed by atoms with Gasteiger partial charge in [0.15, 0.2) is 0 Å². The molecule has 102 valence electrons. The molecule has 0 aliphatic heterocycles. The molecule has 0 bridgehead atoms. The summed E-state index contributed by atoms with van der Waals surface area (Å²) in [6.45, 7) is 0. The van der Waals surface area contributed by atoms with Crippen molar-refractivity contribution in [3.05, 3.63) is 72.8 Å². The molecular formula is C20H12N2. The van der Waals surface area contributed by atoms with Crippen LogP contribution in [0.3, 0.4) is 0 Å². The lowest BCUT2D eigenvalue weighted by Crippen LogP contribution is -1.87. The Hall–Kier alpha value is -3.00. The van der Waals surface area contributed by atoms with E-state index >= 15 is 0 Å². The largest absolute Gasteiger partial charge is 0.248 e. The first-order chi connectivity index (χ1) is 10.9. The summed E-state index contributed by atoms with van der Waals surface area (Å²) in [6, 6.07) is 25.0. The SMILES string of the molecule is c1ccc2nc3ccc4cc5ccccc5nc4c3cc2c1. The molecule has 2 heteroatoms. The highest BCUT2D eigenvalue weighted by molar-refractivity contribution is 6.10. The molecule has 5 rings (SSSR count). The molecule has 0 fully saturated rings. The Morgan fingerprint density at radius 3 is 2.00 bits per heavy atom. The van der Waals surface area contributed by atoms with Crippen LogP contribution in [0.15, 0.2) is 72.8 Å². The van der Waals surface area contributed by atoms with E-state index < -0.39 is 0 Å². The van der Waals surface area contributed by atoms with Gasteiger partial charge in [0.1, 0.15) is 0 Å². The number of benzene rings is 3. The van der Waals surface area contributed by atoms with Gasteiger partial charge in [-0.15, -0.1) is 0 Å². The topological polar surface area (TPSA) is 25.8 Å². The molecule has 5 aromatic rings. The Kier molecular flexibility index (Phi) is 2.25. The Labute approximate surface area is 127 Å². The van der Waals surface area contributed by atoms with Crippen LogP contribution in [-0.2, 0) is 0 Å². The van der Waals surface area contributed by atoms with E-state index in [-0.39, 0.29) is 0 Å². The molecule has 2 aromatic heterocycles. The van der Waals surface area contributed by atoms with Gasteiger partial charge in [0, 0.05) is 21.5 Å². The third-order valence-corrected chi connectivity index (χ3v) is 4.18. The van der Waals surface area contributed by atoms with Crippen molar-refractivity contribution in [1.82, 2.24) is 9.97 Å². The van der Waals surface area contributed by atoms with Crippen molar-refractivity contribution in [1.29, 1.82) is 0 Å². The zero-order chi connectivity index (χ0) is 14.5. The molecule has 0 atom stereocenters. The lowest BCUT2D eigenvalue weighted by atomic mass is 10.1. The smallest absolute Gasteiger partial charge is 0.0803 e. The van der Waals surface area contributed by atoms with Crippen molar-refractivity contribution in [2.24, 2.45) is 0 Å². The zero-order valence-electron chi connectivity index (χ0n) is 11.8. The number of nitrogens with zero attached hydrogens (tertiary/aromatic N) is 2. The van der Waals surface area contributed by atoms with Crippen molar-refractivity contribution in [3.8, 4) is 0 Å². The maximum Gasteiger partial charge on any atom is 0.0803 e. The van der Waals surface area contributed by atoms with Crippen LogP contribution in [0.1, 0.15) is 0 Å². The Morgan fingerprint density at radius 2 is 1.18 bits per heavy atom. The van der Waals surface area contributed by atoms with Crippen molar-refractivity contribution in [3.63, 3.8) is 0 Å². The average Bonchev–Trinajstić information content (AvgIpc) is 2.58. The average molecular weight is 280 g/mol. The Morgan fingerprint density at radius 1 is 0.500 bits per heavy atom. The molecule has 22 heavy (non-hydrogen) atoms. The van der Waals surface area contributed by atoms with Crippen LogP contribution >= 0.6 is 0 Å². The van der Waals surface area contributed by atoms with Gasteiger partial charge in [-0.05, 0) is 30.3 Å². The van der Waals surface area contributed by atoms with Crippen LogP contribution in [0.2, 0.25) is 0 Å². The van der Waals surface area contributed by atoms with E-state index in [0.29, 0.717) is 0 Å². The third kappa shape index (κ3) is 1.61. The fourth-order valence-corrected chi connectivity index (χ4v) is 3.09. The predicted molar refractivity (Wildman–Crippen MR) is 92.1 cm³/mol. The van der Waals surface area contributed by atoms with E-state index in [2.05, 4.69) is 42.5 Å². The minimum atomic E-state index is 0.994. The van der Waals surface area contributed by atoms with Crippen molar-refractivity contribution >= 4 is 43.6 Å². The van der Waals surface area contributed by atoms with E-state index in [1.807, 2.05) is 30.3 Å². The van der Waals surface area contributed by atoms with Gasteiger partial charge in [-0.25, -0.2) is 9.97 Å². The van der Waals surface area contributed by atoms with Crippen LogP contribution in [0, 0.1) is 0 Å². The second-order valence-electron chi connectivity index (χ2n) is 5.57. The first-order valence-corrected chi connectivity index (χ1v) is 7.36. The summed E-state index contributed by atoms with van der Waals surface area (Å²) >= 11 is 0. The van der Waals surface area contributed by atoms with Gasteiger partial charge in [0.25, 0.3) is 0 Å². The first-order valence-electron chi connectivity index (χ1n) is 7.36. The van der Waals surface area contributed by atoms with Gasteiger partial charge < -0.3 is 0 Å². The van der Waals surface area contributed by atoms with Crippen LogP contribution in [0.4, 0.5) is 0 Å². The molecule has 0 unspecified atom stereocenters. The van der Waals surface area contributed by atoms with Crippen molar-refractivity contribution in [2.45, 2.75) is 0 Å². The van der Waals surface area contributed by atoms with Crippen LogP contribution in [-0.4, -0.2) is 9.97 Å². The summed E-state index contributed by atoms with van der Waals surface area (Å²) in [5, 5.41) is 4.59. The monoisotopic (exact) mass is 280 g/mol. The molecule has 0 saturated heterocycles. The molecule has 0 radical (unpaired) electrons. The Bertz CT molecular complexity index is 1080. The van der Waals surface area contributed by atoms with E-state index in [0.717, 1.165) is 38.2 Å². The van der Waals surface area contributed by atoms with E-state index in [1.165, 1.54) is 5.39 Å². The molecule has 3 aromatic carbocycles. The van der Waals surface area contributed by atoms with Crippen LogP contribution in [0.25, 0.3) is 43.6 Å². The number of hydrogen-bond acceptors (Lipinski definition) is 2. The predicted octanol–water partition coefficient (Wildman–Crippen LogP) is 5.09. The number of para-hydroxylation sites is 2. The quantitative estimate of drug-likeness (QED) is 0.292. The van der Waals surface area contributed by atoms with Crippen molar-refractivity contribution in [2.75, 3.05) is 0 Å². The molecule has 0 saturated carbocycles. The van der Waals surface area contributed by atoms with Gasteiger partial charge in [0.05, 0.1) is 22.1 Å². The summed E-state index contributed by atoms with van der Waals surface area (Å²) in [5.74, 6) is 0. The fourth-order valence-electron chi connectivity index (χ4n) is 3.09. The van der Waals surface area contributed by atoms with Gasteiger partial charge in [-0.3, -0.25) is 0 Å². The molecule has 0 amide bonds. The number of pyridine rings is 2. The van der Waals surface area contributed by atoms with E-state index in [1.54, 1.807) is 0 Å². The number of aromatic nitrogens is 2. The summed E-state index contributed by atoms with van der Waals surface area (Å²) in [4.78, 5) is 9.64. The van der Waals surface area contributed by atoms with Crippen LogP contribution < -0.4 is 0 Å². The second kappa shape index (κ2) is 4.25. The second-order valence-corrected chi connectivity index (χ2v) is 5.57. The summed E-state index contributed by atoms with van der Waals surface area (Å²) < 4.78 is 0. The fraction of sp³-hybridized carbons (Fsp3) is 0. The van der Waals surface area contributed by atoms with Gasteiger partial charge in [-0.1, -0.05) is 42.5 Å². The lowest BCUT2D eigenvalue weighted by molar-refractivity contribution is 1.48. The highest BCUT2D eigenvalue weighted by atomic mass is 14.7. The number of fused-ring (bicyclic) bond motifs is 5. The lowest BCUT2D eigenvalue weighted by Gasteiger charge is -2.06. The molecule has 0 aliphatic rings.